The van der Waals surface area contributed by atoms with Crippen LogP contribution >= 0.6 is 11.8 Å². The summed E-state index contributed by atoms with van der Waals surface area (Å²) in [6.07, 6.45) is 0.749. The molecule has 0 aliphatic carbocycles. The summed E-state index contributed by atoms with van der Waals surface area (Å²) in [6, 6.07) is 0. The first-order valence-electron chi connectivity index (χ1n) is 3.76. The molecule has 0 spiro atoms. The van der Waals surface area contributed by atoms with Gasteiger partial charge in [-0.3, -0.25) is 9.55 Å². The number of thioether (sulfide) groups is 1. The Balaban J connectivity index is 4.09. The summed E-state index contributed by atoms with van der Waals surface area (Å²) in [4.78, 5) is 3.94. The molecular formula is C6H14N2O3S2. The standard InChI is InChI=1S/C6H14N2O3S2/c1-4-6(7-3)12-5(2)8-13(9,10)11/h5,8H,4H2,1-3H3,(H,9,10,11)/b7-6-. The fraction of sp³-hybridized carbons (Fsp3) is 0.833. The van der Waals surface area contributed by atoms with Crippen LogP contribution in [0, 0.1) is 0 Å². The van der Waals surface area contributed by atoms with Gasteiger partial charge in [0.15, 0.2) is 0 Å². The number of nitrogens with one attached hydrogen (secondary N) is 1. The van der Waals surface area contributed by atoms with Gasteiger partial charge in [0.1, 0.15) is 0 Å². The number of aliphatic imine (C=N–C) groups is 1. The highest BCUT2D eigenvalue weighted by atomic mass is 32.2. The van der Waals surface area contributed by atoms with Gasteiger partial charge in [-0.1, -0.05) is 18.7 Å². The zero-order valence-electron chi connectivity index (χ0n) is 7.81. The summed E-state index contributed by atoms with van der Waals surface area (Å²) in [6.45, 7) is 3.56. The molecule has 0 aliphatic rings. The molecule has 0 heterocycles. The zero-order valence-corrected chi connectivity index (χ0v) is 9.44. The van der Waals surface area contributed by atoms with Crippen molar-refractivity contribution in [1.82, 2.24) is 4.72 Å². The Labute approximate surface area is 82.9 Å². The van der Waals surface area contributed by atoms with E-state index in [1.54, 1.807) is 14.0 Å². The summed E-state index contributed by atoms with van der Waals surface area (Å²) in [5.74, 6) is 0. The van der Waals surface area contributed by atoms with Crippen molar-refractivity contribution in [2.24, 2.45) is 4.99 Å². The maximum atomic E-state index is 10.4. The van der Waals surface area contributed by atoms with Crippen LogP contribution in [0.15, 0.2) is 4.99 Å². The van der Waals surface area contributed by atoms with E-state index in [1.165, 1.54) is 11.8 Å². The van der Waals surface area contributed by atoms with Gasteiger partial charge in [0.25, 0.3) is 0 Å². The van der Waals surface area contributed by atoms with Crippen molar-refractivity contribution >= 4 is 27.1 Å². The summed E-state index contributed by atoms with van der Waals surface area (Å²) in [5, 5.41) is 0.428. The molecule has 7 heteroatoms. The second-order valence-electron chi connectivity index (χ2n) is 2.32. The van der Waals surface area contributed by atoms with Crippen LogP contribution in [-0.4, -0.2) is 30.4 Å². The predicted octanol–water partition coefficient (Wildman–Crippen LogP) is 0.896. The van der Waals surface area contributed by atoms with Crippen molar-refractivity contribution in [3.05, 3.63) is 0 Å². The van der Waals surface area contributed by atoms with E-state index in [4.69, 9.17) is 4.55 Å². The first-order chi connectivity index (χ1) is 5.89. The fourth-order valence-corrected chi connectivity index (χ4v) is 2.39. The van der Waals surface area contributed by atoms with Gasteiger partial charge in [-0.15, -0.1) is 0 Å². The molecule has 78 valence electrons. The van der Waals surface area contributed by atoms with E-state index in [1.807, 2.05) is 11.6 Å². The third kappa shape index (κ3) is 7.00. The van der Waals surface area contributed by atoms with Gasteiger partial charge < -0.3 is 0 Å². The predicted molar refractivity (Wildman–Crippen MR) is 55.4 cm³/mol. The number of hydrogen-bond acceptors (Lipinski definition) is 4. The van der Waals surface area contributed by atoms with Crippen LogP contribution in [0.5, 0.6) is 0 Å². The minimum absolute atomic E-state index is 0.409. The summed E-state index contributed by atoms with van der Waals surface area (Å²) in [7, 11) is -2.47. The largest absolute Gasteiger partial charge is 0.334 e. The van der Waals surface area contributed by atoms with E-state index in [2.05, 4.69) is 4.99 Å². The van der Waals surface area contributed by atoms with Gasteiger partial charge >= 0.3 is 10.3 Å². The molecule has 1 unspecified atom stereocenters. The smallest absolute Gasteiger partial charge is 0.286 e. The van der Waals surface area contributed by atoms with Crippen LogP contribution in [0.2, 0.25) is 0 Å². The highest BCUT2D eigenvalue weighted by molar-refractivity contribution is 8.14. The van der Waals surface area contributed by atoms with Crippen LogP contribution in [0.25, 0.3) is 0 Å². The molecule has 0 radical (unpaired) electrons. The van der Waals surface area contributed by atoms with E-state index in [0.29, 0.717) is 0 Å². The Bertz CT molecular complexity index is 274. The average molecular weight is 226 g/mol. The topological polar surface area (TPSA) is 78.8 Å². The van der Waals surface area contributed by atoms with Gasteiger partial charge in [0.2, 0.25) is 0 Å². The normalized spacial score (nSPS) is 15.8. The van der Waals surface area contributed by atoms with Crippen molar-refractivity contribution in [2.45, 2.75) is 25.6 Å². The van der Waals surface area contributed by atoms with Crippen LogP contribution in [0.4, 0.5) is 0 Å². The van der Waals surface area contributed by atoms with E-state index in [-0.39, 0.29) is 0 Å². The molecule has 0 saturated heterocycles. The maximum Gasteiger partial charge on any atom is 0.334 e. The van der Waals surface area contributed by atoms with Gasteiger partial charge in [-0.05, 0) is 13.3 Å². The lowest BCUT2D eigenvalue weighted by Gasteiger charge is -2.10. The second-order valence-corrected chi connectivity index (χ2v) is 4.92. The lowest BCUT2D eigenvalue weighted by atomic mass is 10.5. The molecular weight excluding hydrogens is 212 g/mol. The zero-order chi connectivity index (χ0) is 10.5. The van der Waals surface area contributed by atoms with Gasteiger partial charge in [0.05, 0.1) is 10.4 Å². The highest BCUT2D eigenvalue weighted by Gasteiger charge is 2.12. The minimum atomic E-state index is -4.11. The first kappa shape index (κ1) is 12.9. The number of hydrogen-bond donors (Lipinski definition) is 2. The van der Waals surface area contributed by atoms with Crippen molar-refractivity contribution in [1.29, 1.82) is 0 Å². The molecule has 13 heavy (non-hydrogen) atoms. The Morgan fingerprint density at radius 3 is 2.54 bits per heavy atom. The third-order valence-corrected chi connectivity index (χ3v) is 3.19. The van der Waals surface area contributed by atoms with Gasteiger partial charge in [0, 0.05) is 7.05 Å². The van der Waals surface area contributed by atoms with Crippen LogP contribution < -0.4 is 4.72 Å². The van der Waals surface area contributed by atoms with Gasteiger partial charge in [-0.25, -0.2) is 0 Å². The third-order valence-electron chi connectivity index (χ3n) is 1.18. The second kappa shape index (κ2) is 5.58. The molecule has 0 amide bonds. The Hall–Kier alpha value is -0.110. The highest BCUT2D eigenvalue weighted by Crippen LogP contribution is 2.13. The summed E-state index contributed by atoms with van der Waals surface area (Å²) in [5.41, 5.74) is 0. The Kier molecular flexibility index (Phi) is 5.54. The van der Waals surface area contributed by atoms with E-state index < -0.39 is 15.7 Å². The molecule has 0 fully saturated rings. The lowest BCUT2D eigenvalue weighted by Crippen LogP contribution is -2.30. The average Bonchev–Trinajstić information content (AvgIpc) is 1.96. The molecule has 0 aliphatic heterocycles. The number of rotatable bonds is 4. The monoisotopic (exact) mass is 226 g/mol. The van der Waals surface area contributed by atoms with Crippen LogP contribution in [0.3, 0.4) is 0 Å². The molecule has 5 nitrogen and oxygen atoms in total. The van der Waals surface area contributed by atoms with Crippen LogP contribution in [-0.2, 0) is 10.3 Å². The number of nitrogens with zero attached hydrogens (tertiary/aromatic N) is 1. The SMILES string of the molecule is CC/C(=N/C)SC(C)NS(=O)(=O)O. The van der Waals surface area contributed by atoms with Crippen molar-refractivity contribution < 1.29 is 13.0 Å². The fourth-order valence-electron chi connectivity index (χ4n) is 0.732. The Morgan fingerprint density at radius 1 is 1.69 bits per heavy atom. The molecule has 1 atom stereocenters. The molecule has 0 saturated carbocycles. The molecule has 0 aromatic heterocycles. The first-order valence-corrected chi connectivity index (χ1v) is 6.08. The minimum Gasteiger partial charge on any atom is -0.286 e. The van der Waals surface area contributed by atoms with E-state index >= 15 is 0 Å². The van der Waals surface area contributed by atoms with E-state index in [0.717, 1.165) is 11.5 Å². The maximum absolute atomic E-state index is 10.4. The van der Waals surface area contributed by atoms with E-state index in [9.17, 15) is 8.42 Å². The molecule has 2 N–H and O–H groups in total. The Morgan fingerprint density at radius 2 is 2.23 bits per heavy atom. The molecule has 0 rings (SSSR count). The van der Waals surface area contributed by atoms with Gasteiger partial charge in [-0.2, -0.15) is 13.1 Å². The lowest BCUT2D eigenvalue weighted by molar-refractivity contribution is 0.467. The van der Waals surface area contributed by atoms with Crippen LogP contribution in [0.1, 0.15) is 20.3 Å². The quantitative estimate of drug-likeness (QED) is 0.323. The molecule has 0 aromatic carbocycles. The summed E-state index contributed by atoms with van der Waals surface area (Å²) < 4.78 is 31.3. The molecule has 0 bridgehead atoms. The van der Waals surface area contributed by atoms with Crippen molar-refractivity contribution in [3.63, 3.8) is 0 Å². The van der Waals surface area contributed by atoms with Crippen molar-refractivity contribution in [3.8, 4) is 0 Å². The molecule has 0 aromatic rings. The summed E-state index contributed by atoms with van der Waals surface area (Å²) >= 11 is 1.27. The van der Waals surface area contributed by atoms with Crippen molar-refractivity contribution in [2.75, 3.05) is 7.05 Å².